The van der Waals surface area contributed by atoms with E-state index in [2.05, 4.69) is 12.1 Å². The zero-order valence-corrected chi connectivity index (χ0v) is 17.3. The lowest BCUT2D eigenvalue weighted by atomic mass is 10.1. The molecule has 1 amide bonds. The van der Waals surface area contributed by atoms with Crippen LogP contribution in [-0.4, -0.2) is 19.6 Å². The molecule has 0 atom stereocenters. The Bertz CT molecular complexity index is 888. The zero-order valence-electron chi connectivity index (χ0n) is 15.7. The SMILES string of the molecule is CC.Clc1ccc2c(c1)CCC2.NC(=O)c1ccc(S(=O)(=O)C2CC2)cc1. The first-order valence-corrected chi connectivity index (χ1v) is 11.2. The second kappa shape index (κ2) is 9.38. The molecule has 2 aromatic rings. The monoisotopic (exact) mass is 407 g/mol. The minimum Gasteiger partial charge on any atom is -0.366 e. The molecule has 2 aromatic carbocycles. The highest BCUT2D eigenvalue weighted by Crippen LogP contribution is 2.33. The van der Waals surface area contributed by atoms with Crippen LogP contribution < -0.4 is 5.73 Å². The van der Waals surface area contributed by atoms with Crippen molar-refractivity contribution in [2.75, 3.05) is 0 Å². The van der Waals surface area contributed by atoms with Crippen LogP contribution in [0.15, 0.2) is 47.4 Å². The van der Waals surface area contributed by atoms with E-state index in [9.17, 15) is 13.2 Å². The van der Waals surface area contributed by atoms with Crippen LogP contribution in [0.3, 0.4) is 0 Å². The number of carbonyl (C=O) groups excluding carboxylic acids is 1. The van der Waals surface area contributed by atoms with Crippen molar-refractivity contribution in [1.82, 2.24) is 0 Å². The van der Waals surface area contributed by atoms with Gasteiger partial charge in [0.25, 0.3) is 0 Å². The molecule has 2 N–H and O–H groups in total. The van der Waals surface area contributed by atoms with Gasteiger partial charge in [0, 0.05) is 10.6 Å². The van der Waals surface area contributed by atoms with Crippen molar-refractivity contribution in [1.29, 1.82) is 0 Å². The molecule has 1 fully saturated rings. The van der Waals surface area contributed by atoms with Gasteiger partial charge in [0.2, 0.25) is 5.91 Å². The molecule has 146 valence electrons. The summed E-state index contributed by atoms with van der Waals surface area (Å²) in [7, 11) is -3.16. The molecule has 0 aromatic heterocycles. The Hall–Kier alpha value is -1.85. The molecule has 0 unspecified atom stereocenters. The number of nitrogens with two attached hydrogens (primary N) is 1. The normalized spacial score (nSPS) is 14.9. The summed E-state index contributed by atoms with van der Waals surface area (Å²) in [6, 6.07) is 12.0. The van der Waals surface area contributed by atoms with Gasteiger partial charge >= 0.3 is 0 Å². The standard InChI is InChI=1S/C10H11NO3S.C9H9Cl.C2H6/c11-10(12)7-1-3-8(4-2-7)15(13,14)9-5-6-9;10-9-5-4-7-2-1-3-8(7)6-9;1-2/h1-4,9H,5-6H2,(H2,11,12);4-6H,1-3H2;1-2H3. The van der Waals surface area contributed by atoms with Crippen LogP contribution in [0.4, 0.5) is 0 Å². The van der Waals surface area contributed by atoms with Crippen molar-refractivity contribution in [3.8, 4) is 0 Å². The number of benzene rings is 2. The molecule has 4 rings (SSSR count). The van der Waals surface area contributed by atoms with Crippen LogP contribution in [0.5, 0.6) is 0 Å². The average molecular weight is 408 g/mol. The number of amides is 1. The Morgan fingerprint density at radius 2 is 1.59 bits per heavy atom. The van der Waals surface area contributed by atoms with Crippen molar-refractivity contribution in [3.63, 3.8) is 0 Å². The maximum atomic E-state index is 11.8. The average Bonchev–Trinajstić information content (AvgIpc) is 3.44. The number of primary amides is 1. The summed E-state index contributed by atoms with van der Waals surface area (Å²) in [5.74, 6) is -0.551. The third-order valence-electron chi connectivity index (χ3n) is 4.49. The molecule has 2 aliphatic rings. The Kier molecular flexibility index (Phi) is 7.45. The van der Waals surface area contributed by atoms with Gasteiger partial charge in [-0.1, -0.05) is 31.5 Å². The lowest BCUT2D eigenvalue weighted by Crippen LogP contribution is -2.12. The maximum absolute atomic E-state index is 11.8. The summed E-state index contributed by atoms with van der Waals surface area (Å²) in [6.07, 6.45) is 5.23. The van der Waals surface area contributed by atoms with Crippen molar-refractivity contribution in [3.05, 3.63) is 64.2 Å². The molecule has 0 bridgehead atoms. The zero-order chi connectivity index (χ0) is 20.0. The van der Waals surface area contributed by atoms with Gasteiger partial charge in [0.05, 0.1) is 10.1 Å². The number of hydrogen-bond acceptors (Lipinski definition) is 3. The summed E-state index contributed by atoms with van der Waals surface area (Å²) in [6.45, 7) is 4.00. The van der Waals surface area contributed by atoms with E-state index in [0.29, 0.717) is 5.56 Å². The van der Waals surface area contributed by atoms with Crippen LogP contribution in [0.2, 0.25) is 5.02 Å². The fourth-order valence-electron chi connectivity index (χ4n) is 2.92. The molecule has 2 aliphatic carbocycles. The van der Waals surface area contributed by atoms with E-state index in [1.54, 1.807) is 0 Å². The largest absolute Gasteiger partial charge is 0.366 e. The van der Waals surface area contributed by atoms with E-state index in [0.717, 1.165) is 17.9 Å². The van der Waals surface area contributed by atoms with Crippen LogP contribution >= 0.6 is 11.6 Å². The molecule has 0 radical (unpaired) electrons. The van der Waals surface area contributed by atoms with Crippen LogP contribution in [0.25, 0.3) is 0 Å². The Labute approximate surface area is 166 Å². The van der Waals surface area contributed by atoms with Crippen LogP contribution in [0.1, 0.15) is 54.6 Å². The van der Waals surface area contributed by atoms with Gasteiger partial charge in [-0.2, -0.15) is 0 Å². The minimum absolute atomic E-state index is 0.225. The van der Waals surface area contributed by atoms with Crippen molar-refractivity contribution in [2.24, 2.45) is 5.73 Å². The Morgan fingerprint density at radius 1 is 1.00 bits per heavy atom. The van der Waals surface area contributed by atoms with Gasteiger partial charge in [0.15, 0.2) is 9.84 Å². The Balaban J connectivity index is 0.000000189. The third kappa shape index (κ3) is 5.56. The predicted octanol–water partition coefficient (Wildman–Crippen LogP) is 4.58. The second-order valence-corrected chi connectivity index (χ2v) is 9.06. The molecular weight excluding hydrogens is 382 g/mol. The minimum atomic E-state index is -3.16. The third-order valence-corrected chi connectivity index (χ3v) is 7.00. The first kappa shape index (κ1) is 21.5. The van der Waals surface area contributed by atoms with Crippen molar-refractivity contribution >= 4 is 27.3 Å². The quantitative estimate of drug-likeness (QED) is 0.808. The number of fused-ring (bicyclic) bond motifs is 1. The number of rotatable bonds is 3. The molecule has 4 nitrogen and oxygen atoms in total. The topological polar surface area (TPSA) is 77.2 Å². The summed E-state index contributed by atoms with van der Waals surface area (Å²) < 4.78 is 23.5. The number of sulfone groups is 1. The fourth-order valence-corrected chi connectivity index (χ4v) is 4.77. The maximum Gasteiger partial charge on any atom is 0.248 e. The first-order chi connectivity index (χ1) is 12.9. The van der Waals surface area contributed by atoms with Gasteiger partial charge in [-0.3, -0.25) is 4.79 Å². The van der Waals surface area contributed by atoms with Crippen molar-refractivity contribution < 1.29 is 13.2 Å². The highest BCUT2D eigenvalue weighted by Gasteiger charge is 2.36. The van der Waals surface area contributed by atoms with E-state index in [-0.39, 0.29) is 10.1 Å². The van der Waals surface area contributed by atoms with E-state index < -0.39 is 15.7 Å². The predicted molar refractivity (Wildman–Crippen MR) is 110 cm³/mol. The molecular formula is C21H26ClNO3S. The number of aryl methyl sites for hydroxylation is 2. The molecule has 0 aliphatic heterocycles. The van der Waals surface area contributed by atoms with E-state index >= 15 is 0 Å². The van der Waals surface area contributed by atoms with Crippen LogP contribution in [-0.2, 0) is 22.7 Å². The Morgan fingerprint density at radius 3 is 2.15 bits per heavy atom. The number of carbonyl (C=O) groups is 1. The van der Waals surface area contributed by atoms with Gasteiger partial charge in [-0.25, -0.2) is 8.42 Å². The summed E-state index contributed by atoms with van der Waals surface area (Å²) in [5.41, 5.74) is 8.32. The van der Waals surface area contributed by atoms with Crippen molar-refractivity contribution in [2.45, 2.75) is 56.1 Å². The molecule has 0 saturated heterocycles. The lowest BCUT2D eigenvalue weighted by molar-refractivity contribution is 0.1000. The van der Waals surface area contributed by atoms with Gasteiger partial charge in [-0.15, -0.1) is 0 Å². The summed E-state index contributed by atoms with van der Waals surface area (Å²) >= 11 is 5.82. The smallest absolute Gasteiger partial charge is 0.248 e. The second-order valence-electron chi connectivity index (χ2n) is 6.40. The lowest BCUT2D eigenvalue weighted by Gasteiger charge is -2.02. The fraction of sp³-hybridized carbons (Fsp3) is 0.381. The molecule has 0 spiro atoms. The number of halogens is 1. The molecule has 1 saturated carbocycles. The molecule has 0 heterocycles. The first-order valence-electron chi connectivity index (χ1n) is 9.29. The van der Waals surface area contributed by atoms with Crippen LogP contribution in [0, 0.1) is 0 Å². The van der Waals surface area contributed by atoms with E-state index in [1.807, 2.05) is 19.9 Å². The van der Waals surface area contributed by atoms with Gasteiger partial charge in [-0.05, 0) is 79.6 Å². The molecule has 6 heteroatoms. The van der Waals surface area contributed by atoms with E-state index in [1.165, 1.54) is 54.7 Å². The highest BCUT2D eigenvalue weighted by molar-refractivity contribution is 7.92. The molecule has 27 heavy (non-hydrogen) atoms. The summed E-state index contributed by atoms with van der Waals surface area (Å²) in [4.78, 5) is 11.1. The number of hydrogen-bond donors (Lipinski definition) is 1. The van der Waals surface area contributed by atoms with Gasteiger partial charge in [0.1, 0.15) is 0 Å². The van der Waals surface area contributed by atoms with E-state index in [4.69, 9.17) is 17.3 Å². The highest BCUT2D eigenvalue weighted by atomic mass is 35.5. The van der Waals surface area contributed by atoms with Gasteiger partial charge < -0.3 is 5.73 Å². The summed E-state index contributed by atoms with van der Waals surface area (Å²) in [5, 5.41) is 0.651.